The summed E-state index contributed by atoms with van der Waals surface area (Å²) >= 11 is 0. The third-order valence-corrected chi connectivity index (χ3v) is 5.41. The Hall–Kier alpha value is -2.99. The Labute approximate surface area is 156 Å². The molecule has 1 amide bonds. The van der Waals surface area contributed by atoms with Gasteiger partial charge in [-0.05, 0) is 67.3 Å². The number of rotatable bonds is 3. The zero-order valence-electron chi connectivity index (χ0n) is 14.9. The van der Waals surface area contributed by atoms with Crippen LogP contribution in [0.5, 0.6) is 0 Å². The highest BCUT2D eigenvalue weighted by molar-refractivity contribution is 6.03. The van der Waals surface area contributed by atoms with E-state index in [0.717, 1.165) is 17.8 Å². The van der Waals surface area contributed by atoms with Crippen molar-refractivity contribution in [1.29, 1.82) is 0 Å². The number of aryl methyl sites for hydroxylation is 1. The Morgan fingerprint density at radius 3 is 2.78 bits per heavy atom. The molecular formula is C21H19FN4O. The Bertz CT molecular complexity index is 1060. The number of carbonyl (C=O) groups excluding carboxylic acids is 1. The summed E-state index contributed by atoms with van der Waals surface area (Å²) in [5.74, 6) is -0.612. The maximum absolute atomic E-state index is 13.5. The smallest absolute Gasteiger partial charge is 0.276 e. The number of hydrogen-bond donors (Lipinski definition) is 2. The molecule has 2 aromatic carbocycles. The van der Waals surface area contributed by atoms with Gasteiger partial charge in [-0.3, -0.25) is 4.79 Å². The van der Waals surface area contributed by atoms with Crippen molar-refractivity contribution in [2.24, 2.45) is 0 Å². The van der Waals surface area contributed by atoms with Crippen molar-refractivity contribution in [3.8, 4) is 5.69 Å². The van der Waals surface area contributed by atoms with E-state index in [4.69, 9.17) is 0 Å². The number of amides is 1. The highest BCUT2D eigenvalue weighted by atomic mass is 19.1. The van der Waals surface area contributed by atoms with Crippen molar-refractivity contribution < 1.29 is 9.18 Å². The molecule has 2 unspecified atom stereocenters. The van der Waals surface area contributed by atoms with Crippen LogP contribution in [0.4, 0.5) is 10.1 Å². The van der Waals surface area contributed by atoms with Crippen LogP contribution in [0.15, 0.2) is 48.5 Å². The van der Waals surface area contributed by atoms with E-state index in [9.17, 15) is 9.18 Å². The first-order valence-electron chi connectivity index (χ1n) is 9.12. The SMILES string of the molecule is Cc1cc(C(=O)Nc2ccc3c(c2)C2CCC3N2)nn1-c1cccc(F)c1. The molecule has 136 valence electrons. The van der Waals surface area contributed by atoms with E-state index in [1.54, 1.807) is 22.9 Å². The summed E-state index contributed by atoms with van der Waals surface area (Å²) in [6, 6.07) is 14.8. The topological polar surface area (TPSA) is 59.0 Å². The lowest BCUT2D eigenvalue weighted by molar-refractivity contribution is 0.102. The zero-order chi connectivity index (χ0) is 18.5. The minimum absolute atomic E-state index is 0.274. The van der Waals surface area contributed by atoms with Gasteiger partial charge >= 0.3 is 0 Å². The van der Waals surface area contributed by atoms with Crippen molar-refractivity contribution in [2.45, 2.75) is 31.8 Å². The fourth-order valence-electron chi connectivity index (χ4n) is 4.15. The van der Waals surface area contributed by atoms with Gasteiger partial charge in [0.25, 0.3) is 5.91 Å². The number of nitrogens with zero attached hydrogens (tertiary/aromatic N) is 2. The molecule has 5 rings (SSSR count). The number of nitrogens with one attached hydrogen (secondary N) is 2. The predicted molar refractivity (Wildman–Crippen MR) is 101 cm³/mol. The first-order chi connectivity index (χ1) is 13.1. The lowest BCUT2D eigenvalue weighted by Crippen LogP contribution is -2.14. The second-order valence-corrected chi connectivity index (χ2v) is 7.21. The quantitative estimate of drug-likeness (QED) is 0.739. The Morgan fingerprint density at radius 2 is 1.96 bits per heavy atom. The van der Waals surface area contributed by atoms with Gasteiger partial charge < -0.3 is 10.6 Å². The Morgan fingerprint density at radius 1 is 1.15 bits per heavy atom. The van der Waals surface area contributed by atoms with Gasteiger partial charge in [0.2, 0.25) is 0 Å². The van der Waals surface area contributed by atoms with Gasteiger partial charge in [0.05, 0.1) is 5.69 Å². The van der Waals surface area contributed by atoms with Crippen molar-refractivity contribution in [3.05, 3.63) is 76.9 Å². The first-order valence-corrected chi connectivity index (χ1v) is 9.12. The van der Waals surface area contributed by atoms with Crippen molar-refractivity contribution in [1.82, 2.24) is 15.1 Å². The molecule has 3 heterocycles. The van der Waals surface area contributed by atoms with Crippen LogP contribution in [0.25, 0.3) is 5.69 Å². The average molecular weight is 362 g/mol. The zero-order valence-corrected chi connectivity index (χ0v) is 14.9. The van der Waals surface area contributed by atoms with Gasteiger partial charge in [-0.25, -0.2) is 9.07 Å². The van der Waals surface area contributed by atoms with Gasteiger partial charge in [0, 0.05) is 23.5 Å². The Kier molecular flexibility index (Phi) is 3.62. The average Bonchev–Trinajstić information content (AvgIpc) is 3.36. The third-order valence-electron chi connectivity index (χ3n) is 5.41. The van der Waals surface area contributed by atoms with E-state index in [1.165, 1.54) is 29.7 Å². The lowest BCUT2D eigenvalue weighted by Gasteiger charge is -2.14. The second-order valence-electron chi connectivity index (χ2n) is 7.21. The number of fused-ring (bicyclic) bond motifs is 5. The molecule has 27 heavy (non-hydrogen) atoms. The summed E-state index contributed by atoms with van der Waals surface area (Å²) in [5, 5.41) is 10.9. The molecule has 0 spiro atoms. The van der Waals surface area contributed by atoms with Gasteiger partial charge in [0.15, 0.2) is 5.69 Å². The highest BCUT2D eigenvalue weighted by Crippen LogP contribution is 2.45. The van der Waals surface area contributed by atoms with Crippen LogP contribution in [-0.2, 0) is 0 Å². The molecule has 0 saturated carbocycles. The molecule has 0 aliphatic carbocycles. The molecule has 5 nitrogen and oxygen atoms in total. The first kappa shape index (κ1) is 16.2. The number of halogens is 1. The summed E-state index contributed by atoms with van der Waals surface area (Å²) in [7, 11) is 0. The lowest BCUT2D eigenvalue weighted by atomic mass is 9.91. The van der Waals surface area contributed by atoms with E-state index in [-0.39, 0.29) is 11.7 Å². The number of hydrogen-bond acceptors (Lipinski definition) is 3. The van der Waals surface area contributed by atoms with Crippen LogP contribution in [0, 0.1) is 12.7 Å². The fourth-order valence-corrected chi connectivity index (χ4v) is 4.15. The summed E-state index contributed by atoms with van der Waals surface area (Å²) in [5.41, 5.74) is 5.05. The number of aromatic nitrogens is 2. The van der Waals surface area contributed by atoms with Crippen LogP contribution in [0.3, 0.4) is 0 Å². The standard InChI is InChI=1S/C21H19FN4O/c1-12-9-20(25-26(12)15-4-2-3-13(22)10-15)21(27)23-14-5-6-16-17(11-14)19-8-7-18(16)24-19/h2-6,9-11,18-19,24H,7-8H2,1H3,(H,23,27). The second kappa shape index (κ2) is 6.03. The predicted octanol–water partition coefficient (Wildman–Crippen LogP) is 4.05. The van der Waals surface area contributed by atoms with Crippen molar-refractivity contribution in [3.63, 3.8) is 0 Å². The van der Waals surface area contributed by atoms with E-state index in [1.807, 2.05) is 13.0 Å². The van der Waals surface area contributed by atoms with Crippen LogP contribution in [0.1, 0.15) is 52.2 Å². The van der Waals surface area contributed by atoms with E-state index < -0.39 is 0 Å². The van der Waals surface area contributed by atoms with Gasteiger partial charge in [-0.1, -0.05) is 12.1 Å². The number of carbonyl (C=O) groups is 1. The number of benzene rings is 2. The summed E-state index contributed by atoms with van der Waals surface area (Å²) < 4.78 is 15.1. The molecular weight excluding hydrogens is 343 g/mol. The maximum atomic E-state index is 13.5. The molecule has 1 fully saturated rings. The minimum Gasteiger partial charge on any atom is -0.321 e. The maximum Gasteiger partial charge on any atom is 0.276 e. The van der Waals surface area contributed by atoms with Crippen LogP contribution < -0.4 is 10.6 Å². The number of anilines is 1. The molecule has 3 aromatic rings. The molecule has 6 heteroatoms. The summed E-state index contributed by atoms with van der Waals surface area (Å²) in [6.07, 6.45) is 2.33. The summed E-state index contributed by atoms with van der Waals surface area (Å²) in [4.78, 5) is 12.7. The molecule has 2 aliphatic heterocycles. The molecule has 2 atom stereocenters. The Balaban J connectivity index is 1.39. The largest absolute Gasteiger partial charge is 0.321 e. The van der Waals surface area contributed by atoms with Crippen molar-refractivity contribution >= 4 is 11.6 Å². The van der Waals surface area contributed by atoms with Gasteiger partial charge in [-0.15, -0.1) is 0 Å². The molecule has 1 saturated heterocycles. The van der Waals surface area contributed by atoms with E-state index >= 15 is 0 Å². The molecule has 1 aromatic heterocycles. The molecule has 2 aliphatic rings. The molecule has 2 N–H and O–H groups in total. The van der Waals surface area contributed by atoms with Gasteiger partial charge in [-0.2, -0.15) is 5.10 Å². The minimum atomic E-state index is -0.338. The van der Waals surface area contributed by atoms with Crippen molar-refractivity contribution in [2.75, 3.05) is 5.32 Å². The van der Waals surface area contributed by atoms with E-state index in [0.29, 0.717) is 23.5 Å². The normalized spacial score (nSPS) is 19.9. The third kappa shape index (κ3) is 2.73. The van der Waals surface area contributed by atoms with E-state index in [2.05, 4.69) is 27.9 Å². The van der Waals surface area contributed by atoms with Crippen LogP contribution in [0.2, 0.25) is 0 Å². The molecule has 0 radical (unpaired) electrons. The monoisotopic (exact) mass is 362 g/mol. The van der Waals surface area contributed by atoms with Crippen LogP contribution >= 0.6 is 0 Å². The fraction of sp³-hybridized carbons (Fsp3) is 0.238. The van der Waals surface area contributed by atoms with Crippen LogP contribution in [-0.4, -0.2) is 15.7 Å². The highest BCUT2D eigenvalue weighted by Gasteiger charge is 2.36. The summed E-state index contributed by atoms with van der Waals surface area (Å²) in [6.45, 7) is 1.84. The molecule has 2 bridgehead atoms. The van der Waals surface area contributed by atoms with Gasteiger partial charge in [0.1, 0.15) is 5.82 Å².